The quantitative estimate of drug-likeness (QED) is 0.649. The summed E-state index contributed by atoms with van der Waals surface area (Å²) in [5.41, 5.74) is 5.93. The number of nitrogens with zero attached hydrogens (tertiary/aromatic N) is 1. The number of rotatable bonds is 7. The maximum atomic E-state index is 9.24. The molecule has 0 spiro atoms. The maximum Gasteiger partial charge on any atom is 0.0601 e. The highest BCUT2D eigenvalue weighted by atomic mass is 16.3. The van der Waals surface area contributed by atoms with E-state index in [0.717, 1.165) is 19.4 Å². The largest absolute Gasteiger partial charge is 0.395 e. The van der Waals surface area contributed by atoms with Crippen molar-refractivity contribution >= 4 is 0 Å². The summed E-state index contributed by atoms with van der Waals surface area (Å²) < 4.78 is 0. The van der Waals surface area contributed by atoms with E-state index in [1.807, 2.05) is 7.05 Å². The van der Waals surface area contributed by atoms with Crippen LogP contribution in [0, 0.1) is 5.92 Å². The van der Waals surface area contributed by atoms with Crippen LogP contribution in [-0.2, 0) is 0 Å². The maximum absolute atomic E-state index is 9.24. The third-order valence-electron chi connectivity index (χ3n) is 2.78. The fourth-order valence-electron chi connectivity index (χ4n) is 1.50. The molecule has 0 aliphatic carbocycles. The van der Waals surface area contributed by atoms with Crippen LogP contribution in [0.1, 0.15) is 33.6 Å². The molecule has 0 radical (unpaired) electrons. The molecular weight excluding hydrogens is 176 g/mol. The van der Waals surface area contributed by atoms with Gasteiger partial charge in [-0.1, -0.05) is 20.8 Å². The summed E-state index contributed by atoms with van der Waals surface area (Å²) in [4.78, 5) is 2.17. The van der Waals surface area contributed by atoms with Crippen LogP contribution in [0.2, 0.25) is 0 Å². The minimum atomic E-state index is 0.0807. The van der Waals surface area contributed by atoms with Gasteiger partial charge < -0.3 is 10.8 Å². The van der Waals surface area contributed by atoms with Crippen molar-refractivity contribution in [2.45, 2.75) is 45.7 Å². The topological polar surface area (TPSA) is 49.5 Å². The SMILES string of the molecule is CCC(N)C(CO)N(C)CCC(C)C. The molecule has 0 fully saturated rings. The van der Waals surface area contributed by atoms with Crippen LogP contribution in [0.25, 0.3) is 0 Å². The second-order valence-electron chi connectivity index (χ2n) is 4.49. The van der Waals surface area contributed by atoms with Gasteiger partial charge >= 0.3 is 0 Å². The summed E-state index contributed by atoms with van der Waals surface area (Å²) in [5.74, 6) is 0.703. The van der Waals surface area contributed by atoms with Crippen LogP contribution >= 0.6 is 0 Å². The smallest absolute Gasteiger partial charge is 0.0601 e. The first-order valence-corrected chi connectivity index (χ1v) is 5.59. The third-order valence-corrected chi connectivity index (χ3v) is 2.78. The predicted octanol–water partition coefficient (Wildman–Crippen LogP) is 1.06. The molecule has 0 rings (SSSR count). The molecule has 0 bridgehead atoms. The van der Waals surface area contributed by atoms with Gasteiger partial charge in [0.05, 0.1) is 6.61 Å². The zero-order chi connectivity index (χ0) is 11.1. The van der Waals surface area contributed by atoms with E-state index in [4.69, 9.17) is 5.73 Å². The van der Waals surface area contributed by atoms with Crippen LogP contribution in [0.4, 0.5) is 0 Å². The summed E-state index contributed by atoms with van der Waals surface area (Å²) in [7, 11) is 2.04. The van der Waals surface area contributed by atoms with Crippen molar-refractivity contribution in [3.05, 3.63) is 0 Å². The van der Waals surface area contributed by atoms with Gasteiger partial charge in [-0.3, -0.25) is 4.90 Å². The number of hydrogen-bond acceptors (Lipinski definition) is 3. The van der Waals surface area contributed by atoms with Crippen LogP contribution in [0.5, 0.6) is 0 Å². The van der Waals surface area contributed by atoms with Gasteiger partial charge in [-0.2, -0.15) is 0 Å². The second-order valence-corrected chi connectivity index (χ2v) is 4.49. The van der Waals surface area contributed by atoms with E-state index in [-0.39, 0.29) is 18.7 Å². The van der Waals surface area contributed by atoms with E-state index in [0.29, 0.717) is 5.92 Å². The molecule has 0 aliphatic heterocycles. The number of hydrogen-bond donors (Lipinski definition) is 2. The van der Waals surface area contributed by atoms with Crippen molar-refractivity contribution in [2.75, 3.05) is 20.2 Å². The van der Waals surface area contributed by atoms with Crippen molar-refractivity contribution in [2.24, 2.45) is 11.7 Å². The van der Waals surface area contributed by atoms with Crippen molar-refractivity contribution in [3.63, 3.8) is 0 Å². The molecule has 0 aliphatic rings. The van der Waals surface area contributed by atoms with Crippen LogP contribution in [0.15, 0.2) is 0 Å². The third kappa shape index (κ3) is 4.94. The molecule has 14 heavy (non-hydrogen) atoms. The molecule has 2 atom stereocenters. The lowest BCUT2D eigenvalue weighted by Gasteiger charge is -2.31. The Labute approximate surface area is 88.3 Å². The number of likely N-dealkylation sites (N-methyl/N-ethyl adjacent to an activating group) is 1. The Morgan fingerprint density at radius 2 is 1.93 bits per heavy atom. The molecule has 0 aromatic carbocycles. The average Bonchev–Trinajstić information content (AvgIpc) is 2.15. The number of aliphatic hydroxyl groups excluding tert-OH is 1. The Bertz CT molecular complexity index is 139. The van der Waals surface area contributed by atoms with Crippen LogP contribution < -0.4 is 5.73 Å². The first-order chi connectivity index (χ1) is 6.52. The second kappa shape index (κ2) is 7.21. The van der Waals surface area contributed by atoms with E-state index in [1.54, 1.807) is 0 Å². The normalized spacial score (nSPS) is 16.3. The molecule has 0 saturated heterocycles. The number of nitrogens with two attached hydrogens (primary N) is 1. The van der Waals surface area contributed by atoms with E-state index < -0.39 is 0 Å². The first kappa shape index (κ1) is 13.9. The Balaban J connectivity index is 3.97. The minimum Gasteiger partial charge on any atom is -0.395 e. The highest BCUT2D eigenvalue weighted by Crippen LogP contribution is 2.07. The predicted molar refractivity (Wildman–Crippen MR) is 61.2 cm³/mol. The average molecular weight is 202 g/mol. The Morgan fingerprint density at radius 3 is 2.29 bits per heavy atom. The van der Waals surface area contributed by atoms with Gasteiger partial charge in [-0.15, -0.1) is 0 Å². The molecule has 3 N–H and O–H groups in total. The molecule has 0 aromatic rings. The van der Waals surface area contributed by atoms with E-state index in [1.165, 1.54) is 0 Å². The molecule has 0 saturated carbocycles. The van der Waals surface area contributed by atoms with Gasteiger partial charge in [0.15, 0.2) is 0 Å². The molecule has 3 heteroatoms. The lowest BCUT2D eigenvalue weighted by molar-refractivity contribution is 0.121. The zero-order valence-corrected chi connectivity index (χ0v) is 10.0. The highest BCUT2D eigenvalue weighted by molar-refractivity contribution is 4.78. The van der Waals surface area contributed by atoms with E-state index in [2.05, 4.69) is 25.7 Å². The monoisotopic (exact) mass is 202 g/mol. The minimum absolute atomic E-state index is 0.0807. The van der Waals surface area contributed by atoms with Crippen molar-refractivity contribution in [1.29, 1.82) is 0 Å². The molecule has 86 valence electrons. The van der Waals surface area contributed by atoms with Gasteiger partial charge in [0, 0.05) is 12.1 Å². The summed E-state index contributed by atoms with van der Waals surface area (Å²) >= 11 is 0. The Kier molecular flexibility index (Phi) is 7.15. The zero-order valence-electron chi connectivity index (χ0n) is 10.0. The molecular formula is C11H26N2O. The highest BCUT2D eigenvalue weighted by Gasteiger charge is 2.19. The molecule has 0 aromatic heterocycles. The van der Waals surface area contributed by atoms with Crippen molar-refractivity contribution < 1.29 is 5.11 Å². The van der Waals surface area contributed by atoms with Crippen molar-refractivity contribution in [1.82, 2.24) is 4.90 Å². The van der Waals surface area contributed by atoms with Gasteiger partial charge in [0.25, 0.3) is 0 Å². The summed E-state index contributed by atoms with van der Waals surface area (Å²) in [6.45, 7) is 7.65. The van der Waals surface area contributed by atoms with Crippen molar-refractivity contribution in [3.8, 4) is 0 Å². The summed E-state index contributed by atoms with van der Waals surface area (Å²) in [5, 5.41) is 9.24. The standard InChI is InChI=1S/C11H26N2O/c1-5-10(12)11(8-14)13(4)7-6-9(2)3/h9-11,14H,5-8,12H2,1-4H3. The van der Waals surface area contributed by atoms with Crippen LogP contribution in [-0.4, -0.2) is 42.3 Å². The Morgan fingerprint density at radius 1 is 1.36 bits per heavy atom. The summed E-state index contributed by atoms with van der Waals surface area (Å²) in [6, 6.07) is 0.191. The first-order valence-electron chi connectivity index (χ1n) is 5.59. The van der Waals surface area contributed by atoms with Gasteiger partial charge in [-0.25, -0.2) is 0 Å². The van der Waals surface area contributed by atoms with E-state index in [9.17, 15) is 5.11 Å². The van der Waals surface area contributed by atoms with Gasteiger partial charge in [0.1, 0.15) is 0 Å². The molecule has 2 unspecified atom stereocenters. The van der Waals surface area contributed by atoms with Gasteiger partial charge in [-0.05, 0) is 32.4 Å². The fourth-order valence-corrected chi connectivity index (χ4v) is 1.50. The number of aliphatic hydroxyl groups is 1. The molecule has 3 nitrogen and oxygen atoms in total. The van der Waals surface area contributed by atoms with Gasteiger partial charge in [0.2, 0.25) is 0 Å². The van der Waals surface area contributed by atoms with Crippen LogP contribution in [0.3, 0.4) is 0 Å². The lowest BCUT2D eigenvalue weighted by atomic mass is 10.0. The fraction of sp³-hybridized carbons (Fsp3) is 1.00. The Hall–Kier alpha value is -0.120. The molecule has 0 amide bonds. The van der Waals surface area contributed by atoms with E-state index >= 15 is 0 Å². The molecule has 0 heterocycles. The lowest BCUT2D eigenvalue weighted by Crippen LogP contribution is -2.48. The summed E-state index contributed by atoms with van der Waals surface area (Å²) in [6.07, 6.45) is 2.07.